The van der Waals surface area contributed by atoms with Crippen LogP contribution in [0.1, 0.15) is 25.6 Å². The summed E-state index contributed by atoms with van der Waals surface area (Å²) < 4.78 is 10.9. The normalized spacial score (nSPS) is 11.8. The fourth-order valence-corrected chi connectivity index (χ4v) is 1.99. The average molecular weight is 272 g/mol. The number of nitrogens with zero attached hydrogens (tertiary/aromatic N) is 1. The highest BCUT2D eigenvalue weighted by Gasteiger charge is 2.09. The molecular formula is C16H20N2O2. The molecule has 1 unspecified atom stereocenters. The number of benzene rings is 1. The highest BCUT2D eigenvalue weighted by atomic mass is 16.5. The van der Waals surface area contributed by atoms with Crippen LogP contribution in [0.2, 0.25) is 0 Å². The summed E-state index contributed by atoms with van der Waals surface area (Å²) in [6, 6.07) is 11.8. The summed E-state index contributed by atoms with van der Waals surface area (Å²) in [4.78, 5) is 4.35. The van der Waals surface area contributed by atoms with Crippen molar-refractivity contribution < 1.29 is 9.47 Å². The molecular weight excluding hydrogens is 252 g/mol. The van der Waals surface area contributed by atoms with Crippen LogP contribution in [0.15, 0.2) is 42.6 Å². The minimum Gasteiger partial charge on any atom is -0.493 e. The Morgan fingerprint density at radius 2 is 2.05 bits per heavy atom. The molecule has 106 valence electrons. The van der Waals surface area contributed by atoms with Crippen molar-refractivity contribution in [1.82, 2.24) is 4.98 Å². The molecule has 1 heterocycles. The van der Waals surface area contributed by atoms with Gasteiger partial charge in [-0.1, -0.05) is 6.07 Å². The Bertz CT molecular complexity index is 543. The maximum absolute atomic E-state index is 5.58. The Balaban J connectivity index is 2.15. The molecule has 0 bridgehead atoms. The maximum atomic E-state index is 5.58. The summed E-state index contributed by atoms with van der Waals surface area (Å²) in [5.41, 5.74) is 1.98. The molecule has 0 spiro atoms. The van der Waals surface area contributed by atoms with Crippen LogP contribution in [0.25, 0.3) is 0 Å². The molecule has 1 atom stereocenters. The predicted molar refractivity (Wildman–Crippen MR) is 80.4 cm³/mol. The molecule has 2 rings (SSSR count). The van der Waals surface area contributed by atoms with E-state index in [-0.39, 0.29) is 6.04 Å². The van der Waals surface area contributed by atoms with Gasteiger partial charge in [0.05, 0.1) is 25.5 Å². The molecule has 0 aliphatic carbocycles. The predicted octanol–water partition coefficient (Wildman–Crippen LogP) is 3.66. The van der Waals surface area contributed by atoms with Crippen molar-refractivity contribution in [1.29, 1.82) is 0 Å². The number of pyridine rings is 1. The van der Waals surface area contributed by atoms with E-state index in [9.17, 15) is 0 Å². The van der Waals surface area contributed by atoms with Crippen molar-refractivity contribution >= 4 is 5.69 Å². The van der Waals surface area contributed by atoms with Crippen molar-refractivity contribution in [3.8, 4) is 11.5 Å². The molecule has 0 amide bonds. The van der Waals surface area contributed by atoms with E-state index in [0.717, 1.165) is 22.9 Å². The minimum absolute atomic E-state index is 0.124. The number of aromatic nitrogens is 1. The lowest BCUT2D eigenvalue weighted by molar-refractivity contribution is 0.311. The molecule has 4 heteroatoms. The van der Waals surface area contributed by atoms with Gasteiger partial charge < -0.3 is 14.8 Å². The van der Waals surface area contributed by atoms with Gasteiger partial charge in [-0.25, -0.2) is 0 Å². The lowest BCUT2D eigenvalue weighted by Gasteiger charge is -2.16. The van der Waals surface area contributed by atoms with Gasteiger partial charge in [-0.15, -0.1) is 0 Å². The number of methoxy groups -OCH3 is 1. The first kappa shape index (κ1) is 14.2. The number of nitrogens with one attached hydrogen (secondary N) is 1. The fourth-order valence-electron chi connectivity index (χ4n) is 1.99. The van der Waals surface area contributed by atoms with E-state index >= 15 is 0 Å². The van der Waals surface area contributed by atoms with Crippen molar-refractivity contribution in [2.75, 3.05) is 19.0 Å². The SMILES string of the molecule is CCOc1cc(NC(C)c2ccccn2)ccc1OC. The average Bonchev–Trinajstić information content (AvgIpc) is 2.49. The van der Waals surface area contributed by atoms with Crippen LogP contribution in [0.4, 0.5) is 5.69 Å². The molecule has 1 aromatic carbocycles. The van der Waals surface area contributed by atoms with Gasteiger partial charge in [0.15, 0.2) is 11.5 Å². The first-order chi connectivity index (χ1) is 9.74. The van der Waals surface area contributed by atoms with E-state index in [4.69, 9.17) is 9.47 Å². The van der Waals surface area contributed by atoms with Crippen LogP contribution >= 0.6 is 0 Å². The molecule has 4 nitrogen and oxygen atoms in total. The summed E-state index contributed by atoms with van der Waals surface area (Å²) in [5.74, 6) is 1.48. The molecule has 20 heavy (non-hydrogen) atoms. The zero-order chi connectivity index (χ0) is 14.4. The van der Waals surface area contributed by atoms with Gasteiger partial charge in [-0.2, -0.15) is 0 Å². The summed E-state index contributed by atoms with van der Waals surface area (Å²) in [6.07, 6.45) is 1.80. The van der Waals surface area contributed by atoms with E-state index in [1.165, 1.54) is 0 Å². The summed E-state index contributed by atoms with van der Waals surface area (Å²) >= 11 is 0. The Kier molecular flexibility index (Phi) is 4.82. The second-order valence-electron chi connectivity index (χ2n) is 4.42. The van der Waals surface area contributed by atoms with Gasteiger partial charge in [-0.05, 0) is 38.1 Å². The lowest BCUT2D eigenvalue weighted by Crippen LogP contribution is -2.08. The first-order valence-electron chi connectivity index (χ1n) is 6.73. The third-order valence-corrected chi connectivity index (χ3v) is 2.98. The number of anilines is 1. The van der Waals surface area contributed by atoms with Crippen LogP contribution in [0.5, 0.6) is 11.5 Å². The van der Waals surface area contributed by atoms with E-state index in [1.54, 1.807) is 13.3 Å². The summed E-state index contributed by atoms with van der Waals surface area (Å²) in [5, 5.41) is 3.41. The number of rotatable bonds is 6. The third-order valence-electron chi connectivity index (χ3n) is 2.98. The van der Waals surface area contributed by atoms with Crippen LogP contribution in [0.3, 0.4) is 0 Å². The quantitative estimate of drug-likeness (QED) is 0.871. The Labute approximate surface area is 119 Å². The van der Waals surface area contributed by atoms with Gasteiger partial charge in [0.25, 0.3) is 0 Å². The number of hydrogen-bond donors (Lipinski definition) is 1. The van der Waals surface area contributed by atoms with Crippen molar-refractivity contribution in [3.05, 3.63) is 48.3 Å². The van der Waals surface area contributed by atoms with E-state index in [0.29, 0.717) is 6.61 Å². The Hall–Kier alpha value is -2.23. The van der Waals surface area contributed by atoms with Crippen LogP contribution < -0.4 is 14.8 Å². The van der Waals surface area contributed by atoms with Gasteiger partial charge in [-0.3, -0.25) is 4.98 Å². The van der Waals surface area contributed by atoms with E-state index in [2.05, 4.69) is 17.2 Å². The first-order valence-corrected chi connectivity index (χ1v) is 6.73. The summed E-state index contributed by atoms with van der Waals surface area (Å²) in [6.45, 7) is 4.64. The standard InChI is InChI=1S/C16H20N2O2/c1-4-20-16-11-13(8-9-15(16)19-3)18-12(2)14-7-5-6-10-17-14/h5-12,18H,4H2,1-3H3. The second-order valence-corrected chi connectivity index (χ2v) is 4.42. The van der Waals surface area contributed by atoms with Crippen molar-refractivity contribution in [3.63, 3.8) is 0 Å². The van der Waals surface area contributed by atoms with Gasteiger partial charge in [0.2, 0.25) is 0 Å². The van der Waals surface area contributed by atoms with Gasteiger partial charge >= 0.3 is 0 Å². The Morgan fingerprint density at radius 3 is 2.70 bits per heavy atom. The molecule has 0 saturated heterocycles. The molecule has 0 aliphatic heterocycles. The van der Waals surface area contributed by atoms with Gasteiger partial charge in [0, 0.05) is 18.0 Å². The molecule has 2 aromatic rings. The van der Waals surface area contributed by atoms with Crippen LogP contribution in [0, 0.1) is 0 Å². The largest absolute Gasteiger partial charge is 0.493 e. The molecule has 0 radical (unpaired) electrons. The van der Waals surface area contributed by atoms with Crippen LogP contribution in [-0.2, 0) is 0 Å². The molecule has 0 fully saturated rings. The zero-order valence-corrected chi connectivity index (χ0v) is 12.1. The number of hydrogen-bond acceptors (Lipinski definition) is 4. The van der Waals surface area contributed by atoms with Crippen LogP contribution in [-0.4, -0.2) is 18.7 Å². The van der Waals surface area contributed by atoms with Crippen molar-refractivity contribution in [2.24, 2.45) is 0 Å². The fraction of sp³-hybridized carbons (Fsp3) is 0.312. The molecule has 0 aliphatic rings. The smallest absolute Gasteiger partial charge is 0.163 e. The van der Waals surface area contributed by atoms with E-state index in [1.807, 2.05) is 43.3 Å². The maximum Gasteiger partial charge on any atom is 0.163 e. The van der Waals surface area contributed by atoms with E-state index < -0.39 is 0 Å². The second kappa shape index (κ2) is 6.80. The highest BCUT2D eigenvalue weighted by molar-refractivity contribution is 5.55. The monoisotopic (exact) mass is 272 g/mol. The summed E-state index contributed by atoms with van der Waals surface area (Å²) in [7, 11) is 1.64. The Morgan fingerprint density at radius 1 is 1.20 bits per heavy atom. The lowest BCUT2D eigenvalue weighted by atomic mass is 10.2. The molecule has 1 aromatic heterocycles. The third kappa shape index (κ3) is 3.41. The zero-order valence-electron chi connectivity index (χ0n) is 12.1. The minimum atomic E-state index is 0.124. The van der Waals surface area contributed by atoms with Gasteiger partial charge in [0.1, 0.15) is 0 Å². The van der Waals surface area contributed by atoms with Crippen molar-refractivity contribution in [2.45, 2.75) is 19.9 Å². The molecule has 0 saturated carbocycles. The topological polar surface area (TPSA) is 43.4 Å². The number of ether oxygens (including phenoxy) is 2. The molecule has 1 N–H and O–H groups in total. The highest BCUT2D eigenvalue weighted by Crippen LogP contribution is 2.31.